The summed E-state index contributed by atoms with van der Waals surface area (Å²) in [4.78, 5) is 0. The van der Waals surface area contributed by atoms with Gasteiger partial charge in [0.15, 0.2) is 0 Å². The third-order valence-electron chi connectivity index (χ3n) is 4.22. The highest BCUT2D eigenvalue weighted by atomic mass is 16.5. The van der Waals surface area contributed by atoms with Crippen LogP contribution in [0.1, 0.15) is 77.6 Å². The smallest absolute Gasteiger partial charge is 0.0615 e. The Balaban J connectivity index is 1.93. The first-order valence-corrected chi connectivity index (χ1v) is 8.20. The molecule has 2 unspecified atom stereocenters. The van der Waals surface area contributed by atoms with Gasteiger partial charge in [-0.2, -0.15) is 0 Å². The highest BCUT2D eigenvalue weighted by Crippen LogP contribution is 2.26. The van der Waals surface area contributed by atoms with Crippen molar-refractivity contribution < 1.29 is 4.74 Å². The summed E-state index contributed by atoms with van der Waals surface area (Å²) in [6, 6.07) is 0. The van der Waals surface area contributed by atoms with Crippen LogP contribution in [-0.4, -0.2) is 19.3 Å². The monoisotopic (exact) mass is 255 g/mol. The van der Waals surface area contributed by atoms with Gasteiger partial charge in [-0.25, -0.2) is 0 Å². The number of nitrogens with two attached hydrogens (primary N) is 1. The van der Waals surface area contributed by atoms with Gasteiger partial charge >= 0.3 is 0 Å². The first-order valence-electron chi connectivity index (χ1n) is 8.20. The molecule has 1 aliphatic carbocycles. The second kappa shape index (κ2) is 10.8. The molecule has 1 rings (SSSR count). The number of rotatable bonds is 10. The lowest BCUT2D eigenvalue weighted by Gasteiger charge is -2.30. The second-order valence-corrected chi connectivity index (χ2v) is 5.81. The van der Waals surface area contributed by atoms with E-state index in [1.54, 1.807) is 0 Å². The van der Waals surface area contributed by atoms with Crippen LogP contribution in [0.4, 0.5) is 0 Å². The maximum absolute atomic E-state index is 6.03. The Labute approximate surface area is 114 Å². The van der Waals surface area contributed by atoms with Crippen molar-refractivity contribution in [1.82, 2.24) is 0 Å². The molecule has 0 radical (unpaired) electrons. The first-order chi connectivity index (χ1) is 8.88. The number of ether oxygens (including phenoxy) is 1. The van der Waals surface area contributed by atoms with E-state index in [9.17, 15) is 0 Å². The maximum Gasteiger partial charge on any atom is 0.0615 e. The summed E-state index contributed by atoms with van der Waals surface area (Å²) in [5.41, 5.74) is 5.81. The van der Waals surface area contributed by atoms with Gasteiger partial charge in [-0.05, 0) is 31.7 Å². The van der Waals surface area contributed by atoms with Crippen molar-refractivity contribution in [3.05, 3.63) is 0 Å². The molecule has 0 spiro atoms. The van der Waals surface area contributed by atoms with Crippen LogP contribution >= 0.6 is 0 Å². The summed E-state index contributed by atoms with van der Waals surface area (Å²) in [7, 11) is 0. The molecule has 0 aliphatic heterocycles. The van der Waals surface area contributed by atoms with Gasteiger partial charge < -0.3 is 10.5 Å². The van der Waals surface area contributed by atoms with Crippen LogP contribution < -0.4 is 5.73 Å². The topological polar surface area (TPSA) is 35.2 Å². The van der Waals surface area contributed by atoms with Gasteiger partial charge in [0.2, 0.25) is 0 Å². The molecular weight excluding hydrogens is 222 g/mol. The molecule has 2 nitrogen and oxygen atoms in total. The first kappa shape index (κ1) is 16.0. The molecule has 1 saturated carbocycles. The summed E-state index contributed by atoms with van der Waals surface area (Å²) in [5, 5.41) is 0. The molecule has 18 heavy (non-hydrogen) atoms. The molecule has 1 fully saturated rings. The zero-order chi connectivity index (χ0) is 13.1. The Bertz CT molecular complexity index is 184. The van der Waals surface area contributed by atoms with E-state index in [0.29, 0.717) is 12.0 Å². The average Bonchev–Trinajstić information content (AvgIpc) is 2.42. The lowest BCUT2D eigenvalue weighted by molar-refractivity contribution is -0.00949. The van der Waals surface area contributed by atoms with Crippen LogP contribution in [0.15, 0.2) is 0 Å². The predicted octanol–water partition coefficient (Wildman–Crippen LogP) is 4.27. The van der Waals surface area contributed by atoms with Crippen LogP contribution in [0.2, 0.25) is 0 Å². The minimum Gasteiger partial charge on any atom is -0.378 e. The van der Waals surface area contributed by atoms with Gasteiger partial charge in [-0.15, -0.1) is 0 Å². The van der Waals surface area contributed by atoms with Crippen molar-refractivity contribution in [2.45, 2.75) is 83.7 Å². The average molecular weight is 255 g/mol. The summed E-state index contributed by atoms with van der Waals surface area (Å²) < 4.78 is 6.03. The van der Waals surface area contributed by atoms with Gasteiger partial charge in [-0.3, -0.25) is 0 Å². The molecular formula is C16H33NO. The molecule has 0 amide bonds. The van der Waals surface area contributed by atoms with Crippen molar-refractivity contribution in [3.8, 4) is 0 Å². The summed E-state index contributed by atoms with van der Waals surface area (Å²) in [6.07, 6.45) is 15.2. The molecule has 2 atom stereocenters. The minimum absolute atomic E-state index is 0.462. The van der Waals surface area contributed by atoms with Crippen LogP contribution in [-0.2, 0) is 4.74 Å². The largest absolute Gasteiger partial charge is 0.378 e. The maximum atomic E-state index is 6.03. The van der Waals surface area contributed by atoms with Crippen molar-refractivity contribution in [2.24, 2.45) is 11.7 Å². The van der Waals surface area contributed by atoms with E-state index in [2.05, 4.69) is 6.92 Å². The Kier molecular flexibility index (Phi) is 9.59. The van der Waals surface area contributed by atoms with Gasteiger partial charge in [0, 0.05) is 6.61 Å². The van der Waals surface area contributed by atoms with Crippen LogP contribution in [0, 0.1) is 5.92 Å². The van der Waals surface area contributed by atoms with Gasteiger partial charge in [-0.1, -0.05) is 58.3 Å². The normalized spacial score (nSPS) is 24.3. The summed E-state index contributed by atoms with van der Waals surface area (Å²) in [6.45, 7) is 4.03. The van der Waals surface area contributed by atoms with Crippen molar-refractivity contribution in [2.75, 3.05) is 13.2 Å². The van der Waals surface area contributed by atoms with Crippen LogP contribution in [0.25, 0.3) is 0 Å². The molecule has 0 aromatic carbocycles. The van der Waals surface area contributed by atoms with Gasteiger partial charge in [0.25, 0.3) is 0 Å². The predicted molar refractivity (Wildman–Crippen MR) is 78.7 cm³/mol. The molecule has 0 heterocycles. The lowest BCUT2D eigenvalue weighted by Crippen LogP contribution is -2.33. The molecule has 0 aromatic heterocycles. The van der Waals surface area contributed by atoms with E-state index in [1.807, 2.05) is 0 Å². The van der Waals surface area contributed by atoms with Crippen LogP contribution in [0.3, 0.4) is 0 Å². The fourth-order valence-electron chi connectivity index (χ4n) is 2.96. The molecule has 0 saturated heterocycles. The van der Waals surface area contributed by atoms with E-state index in [-0.39, 0.29) is 0 Å². The number of unbranched alkanes of at least 4 members (excludes halogenated alkanes) is 6. The third-order valence-corrected chi connectivity index (χ3v) is 4.22. The SMILES string of the molecule is CCCCCCCCCOC1CCCCC1CN. The van der Waals surface area contributed by atoms with E-state index in [1.165, 1.54) is 70.6 Å². The zero-order valence-electron chi connectivity index (χ0n) is 12.3. The third kappa shape index (κ3) is 6.75. The Hall–Kier alpha value is -0.0800. The zero-order valence-corrected chi connectivity index (χ0v) is 12.3. The summed E-state index contributed by atoms with van der Waals surface area (Å²) in [5.74, 6) is 0.628. The number of hydrogen-bond acceptors (Lipinski definition) is 2. The standard InChI is InChI=1S/C16H33NO/c1-2-3-4-5-6-7-10-13-18-16-12-9-8-11-15(16)14-17/h15-16H,2-14,17H2,1H3. The van der Waals surface area contributed by atoms with E-state index >= 15 is 0 Å². The van der Waals surface area contributed by atoms with E-state index in [0.717, 1.165) is 13.2 Å². The number of hydrogen-bond donors (Lipinski definition) is 1. The highest BCUT2D eigenvalue weighted by molar-refractivity contribution is 4.76. The van der Waals surface area contributed by atoms with Crippen molar-refractivity contribution in [3.63, 3.8) is 0 Å². The molecule has 2 N–H and O–H groups in total. The molecule has 0 bridgehead atoms. The summed E-state index contributed by atoms with van der Waals surface area (Å²) >= 11 is 0. The Morgan fingerprint density at radius 2 is 1.61 bits per heavy atom. The fourth-order valence-corrected chi connectivity index (χ4v) is 2.96. The van der Waals surface area contributed by atoms with E-state index < -0.39 is 0 Å². The second-order valence-electron chi connectivity index (χ2n) is 5.81. The molecule has 2 heteroatoms. The minimum atomic E-state index is 0.462. The van der Waals surface area contributed by atoms with Gasteiger partial charge in [0.05, 0.1) is 6.10 Å². The quantitative estimate of drug-likeness (QED) is 0.592. The Morgan fingerprint density at radius 1 is 0.944 bits per heavy atom. The van der Waals surface area contributed by atoms with Crippen LogP contribution in [0.5, 0.6) is 0 Å². The molecule has 1 aliphatic rings. The lowest BCUT2D eigenvalue weighted by atomic mass is 9.86. The molecule has 108 valence electrons. The van der Waals surface area contributed by atoms with Gasteiger partial charge in [0.1, 0.15) is 0 Å². The van der Waals surface area contributed by atoms with Crippen molar-refractivity contribution in [1.29, 1.82) is 0 Å². The van der Waals surface area contributed by atoms with Crippen molar-refractivity contribution >= 4 is 0 Å². The fraction of sp³-hybridized carbons (Fsp3) is 1.00. The highest BCUT2D eigenvalue weighted by Gasteiger charge is 2.24. The Morgan fingerprint density at radius 3 is 2.33 bits per heavy atom. The molecule has 0 aromatic rings. The van der Waals surface area contributed by atoms with E-state index in [4.69, 9.17) is 10.5 Å².